The maximum absolute atomic E-state index is 3.74. The molecule has 0 spiro atoms. The average molecular weight is 466 g/mol. The van der Waals surface area contributed by atoms with E-state index in [2.05, 4.69) is 58.0 Å². The molecule has 1 aromatic carbocycles. The van der Waals surface area contributed by atoms with Crippen molar-refractivity contribution in [1.82, 2.24) is 0 Å². The molecule has 0 nitrogen and oxygen atoms in total. The first-order valence-electron chi connectivity index (χ1n) is 9.04. The van der Waals surface area contributed by atoms with Gasteiger partial charge in [-0.2, -0.15) is 6.08 Å². The monoisotopic (exact) mass is 464 g/mol. The molecule has 26 heavy (non-hydrogen) atoms. The van der Waals surface area contributed by atoms with E-state index in [0.717, 1.165) is 6.42 Å². The number of allylic oxidation sites excluding steroid dienone is 4. The summed E-state index contributed by atoms with van der Waals surface area (Å²) in [5.41, 5.74) is 4.46. The molecule has 0 amide bonds. The second kappa shape index (κ2) is 16.5. The number of hydrogen-bond donors (Lipinski definition) is 0. The number of unbranched alkanes of at least 4 members (excludes halogenated alkanes) is 2. The fourth-order valence-corrected chi connectivity index (χ4v) is 7.30. The van der Waals surface area contributed by atoms with Gasteiger partial charge < -0.3 is 37.2 Å². The first-order valence-corrected chi connectivity index (χ1v) is 11.0. The molecule has 0 saturated carbocycles. The number of rotatable bonds is 8. The van der Waals surface area contributed by atoms with Gasteiger partial charge in [0.25, 0.3) is 0 Å². The maximum Gasteiger partial charge on any atom is 4.00 e. The molecule has 1 unspecified atom stereocenters. The van der Waals surface area contributed by atoms with Gasteiger partial charge in [-0.25, -0.2) is 10.8 Å². The van der Waals surface area contributed by atoms with Crippen molar-refractivity contribution in [2.24, 2.45) is 0 Å². The minimum atomic E-state index is -1.08. The van der Waals surface area contributed by atoms with Gasteiger partial charge in [0.2, 0.25) is 0 Å². The summed E-state index contributed by atoms with van der Waals surface area (Å²) in [7, 11) is -1.08. The van der Waals surface area contributed by atoms with Crippen LogP contribution < -0.4 is 42.4 Å². The summed E-state index contributed by atoms with van der Waals surface area (Å²) in [5.74, 6) is 0. The first kappa shape index (κ1) is 31.2. The topological polar surface area (TPSA) is 0 Å². The van der Waals surface area contributed by atoms with E-state index in [1.54, 1.807) is 16.0 Å². The minimum Gasteiger partial charge on any atom is -1.00 e. The van der Waals surface area contributed by atoms with Crippen LogP contribution in [-0.4, -0.2) is 8.80 Å². The Labute approximate surface area is 196 Å². The molecule has 0 N–H and O–H groups in total. The zero-order valence-electron chi connectivity index (χ0n) is 16.5. The van der Waals surface area contributed by atoms with Crippen LogP contribution in [-0.2, 0) is 21.7 Å². The fourth-order valence-electron chi connectivity index (χ4n) is 3.65. The second-order valence-corrected chi connectivity index (χ2v) is 9.67. The van der Waals surface area contributed by atoms with Crippen molar-refractivity contribution in [1.29, 1.82) is 0 Å². The van der Waals surface area contributed by atoms with E-state index in [-0.39, 0.29) is 58.9 Å². The Morgan fingerprint density at radius 2 is 1.54 bits per heavy atom. The van der Waals surface area contributed by atoms with Gasteiger partial charge in [-0.1, -0.05) is 86.5 Å². The standard InChI is InChI=1S/C21H31Si.3ClH.Ti/c1-5-7-8-13-22(20-15-17(3)14-18(4)16-20)21-12-9-11-19(21)10-6-2;;;;/h11,14-16,22H,5-10,13H2,1-4H3;3*1H;/q-1;;;;+4/p-3. The molecule has 144 valence electrons. The molecule has 1 aromatic rings. The smallest absolute Gasteiger partial charge is 1.00 e. The molecule has 0 radical (unpaired) electrons. The fraction of sp³-hybridized carbons (Fsp3) is 0.524. The third-order valence-electron chi connectivity index (χ3n) is 4.60. The van der Waals surface area contributed by atoms with E-state index in [0.29, 0.717) is 0 Å². The van der Waals surface area contributed by atoms with E-state index >= 15 is 0 Å². The van der Waals surface area contributed by atoms with Crippen LogP contribution in [0.15, 0.2) is 35.0 Å². The number of aryl methyl sites for hydroxylation is 2. The Morgan fingerprint density at radius 1 is 0.923 bits per heavy atom. The van der Waals surface area contributed by atoms with E-state index < -0.39 is 8.80 Å². The van der Waals surface area contributed by atoms with Crippen molar-refractivity contribution in [3.8, 4) is 0 Å². The zero-order valence-corrected chi connectivity index (χ0v) is 21.5. The van der Waals surface area contributed by atoms with Gasteiger partial charge in [0.15, 0.2) is 0 Å². The number of hydrogen-bond acceptors (Lipinski definition) is 0. The molecular formula is C21H31Cl3SiTi. The quantitative estimate of drug-likeness (QED) is 0.211. The molecule has 1 aliphatic rings. The summed E-state index contributed by atoms with van der Waals surface area (Å²) in [6.45, 7) is 9.07. The van der Waals surface area contributed by atoms with Gasteiger partial charge in [-0.05, 0) is 13.8 Å². The molecule has 5 heteroatoms. The number of benzene rings is 1. The molecule has 0 fully saturated rings. The van der Waals surface area contributed by atoms with Crippen LogP contribution in [0.25, 0.3) is 0 Å². The Bertz CT molecular complexity index is 550. The molecule has 0 aliphatic heterocycles. The van der Waals surface area contributed by atoms with Crippen LogP contribution in [0.3, 0.4) is 0 Å². The Balaban J connectivity index is -0.00000132. The molecule has 2 rings (SSSR count). The normalized spacial score (nSPS) is 13.2. The Hall–Kier alpha value is 0.501. The van der Waals surface area contributed by atoms with E-state index in [1.165, 1.54) is 49.3 Å². The summed E-state index contributed by atoms with van der Waals surface area (Å²) < 4.78 is 0. The van der Waals surface area contributed by atoms with Gasteiger partial charge >= 0.3 is 21.7 Å². The molecule has 0 heterocycles. The largest absolute Gasteiger partial charge is 4.00 e. The summed E-state index contributed by atoms with van der Waals surface area (Å²) in [4.78, 5) is 0. The van der Waals surface area contributed by atoms with E-state index in [1.807, 2.05) is 0 Å². The average Bonchev–Trinajstić information content (AvgIpc) is 2.91. The van der Waals surface area contributed by atoms with Crippen LogP contribution in [0.1, 0.15) is 63.5 Å². The van der Waals surface area contributed by atoms with Crippen LogP contribution >= 0.6 is 0 Å². The predicted molar refractivity (Wildman–Crippen MR) is 101 cm³/mol. The van der Waals surface area contributed by atoms with Crippen molar-refractivity contribution in [3.63, 3.8) is 0 Å². The van der Waals surface area contributed by atoms with Crippen LogP contribution in [0.5, 0.6) is 0 Å². The first-order chi connectivity index (χ1) is 10.7. The second-order valence-electron chi connectivity index (χ2n) is 6.74. The third kappa shape index (κ3) is 9.13. The van der Waals surface area contributed by atoms with Crippen molar-refractivity contribution >= 4 is 14.0 Å². The Kier molecular flexibility index (Phi) is 19.7. The maximum atomic E-state index is 3.74. The van der Waals surface area contributed by atoms with Gasteiger partial charge in [-0.3, -0.25) is 6.08 Å². The summed E-state index contributed by atoms with van der Waals surface area (Å²) in [5, 5.41) is 3.28. The summed E-state index contributed by atoms with van der Waals surface area (Å²) in [6.07, 6.45) is 13.8. The molecular weight excluding hydrogens is 435 g/mol. The molecule has 1 aliphatic carbocycles. The Morgan fingerprint density at radius 3 is 2.08 bits per heavy atom. The molecule has 0 bridgehead atoms. The summed E-state index contributed by atoms with van der Waals surface area (Å²) in [6, 6.07) is 8.61. The van der Waals surface area contributed by atoms with Crippen molar-refractivity contribution < 1.29 is 58.9 Å². The van der Waals surface area contributed by atoms with Crippen LogP contribution in [0, 0.1) is 19.9 Å². The van der Waals surface area contributed by atoms with Crippen molar-refractivity contribution in [2.45, 2.75) is 72.3 Å². The van der Waals surface area contributed by atoms with Gasteiger partial charge in [0, 0.05) is 0 Å². The summed E-state index contributed by atoms with van der Waals surface area (Å²) >= 11 is 0. The molecule has 1 atom stereocenters. The zero-order chi connectivity index (χ0) is 15.9. The van der Waals surface area contributed by atoms with Crippen LogP contribution in [0.2, 0.25) is 6.04 Å². The predicted octanol–water partition coefficient (Wildman–Crippen LogP) is -3.66. The third-order valence-corrected chi connectivity index (χ3v) is 7.99. The van der Waals surface area contributed by atoms with E-state index in [4.69, 9.17) is 0 Å². The van der Waals surface area contributed by atoms with Crippen LogP contribution in [0.4, 0.5) is 0 Å². The molecule has 0 saturated heterocycles. The number of halogens is 3. The SMILES string of the molecule is CCCCC[SiH](C1=[C-]CC=C1CCC)c1cc(C)cc(C)c1.[Cl-].[Cl-].[Cl-].[Ti+4]. The van der Waals surface area contributed by atoms with E-state index in [9.17, 15) is 0 Å². The van der Waals surface area contributed by atoms with Crippen molar-refractivity contribution in [3.05, 3.63) is 52.2 Å². The van der Waals surface area contributed by atoms with Gasteiger partial charge in [0.05, 0.1) is 8.80 Å². The van der Waals surface area contributed by atoms with Gasteiger partial charge in [0.1, 0.15) is 0 Å². The molecule has 0 aromatic heterocycles. The minimum absolute atomic E-state index is 0. The van der Waals surface area contributed by atoms with Crippen molar-refractivity contribution in [2.75, 3.05) is 0 Å². The van der Waals surface area contributed by atoms with Gasteiger partial charge in [-0.15, -0.1) is 6.42 Å².